The molecule has 3 rings (SSSR count). The van der Waals surface area contributed by atoms with Gasteiger partial charge in [-0.05, 0) is 24.3 Å². The van der Waals surface area contributed by atoms with Gasteiger partial charge in [-0.25, -0.2) is 4.79 Å². The number of hydrogen-bond acceptors (Lipinski definition) is 8. The largest absolute Gasteiger partial charge is 0.493 e. The fourth-order valence-corrected chi connectivity index (χ4v) is 4.07. The monoisotopic (exact) mass is 478 g/mol. The van der Waals surface area contributed by atoms with Gasteiger partial charge in [0.2, 0.25) is 5.75 Å². The smallest absolute Gasteiger partial charge is 0.339 e. The minimum atomic E-state index is -0.655. The molecule has 3 aromatic carbocycles. The number of amides is 1. The van der Waals surface area contributed by atoms with Crippen LogP contribution in [0.15, 0.2) is 70.5 Å². The number of nitrogens with one attached hydrogen (secondary N) is 1. The molecule has 9 heteroatoms. The summed E-state index contributed by atoms with van der Waals surface area (Å²) in [5.74, 6) is -0.0582. The summed E-state index contributed by atoms with van der Waals surface area (Å²) < 4.78 is 21.0. The van der Waals surface area contributed by atoms with E-state index in [-0.39, 0.29) is 0 Å². The van der Waals surface area contributed by atoms with Crippen LogP contribution in [0.5, 0.6) is 17.2 Å². The molecule has 0 unspecified atom stereocenters. The van der Waals surface area contributed by atoms with Crippen LogP contribution in [0.25, 0.3) is 0 Å². The van der Waals surface area contributed by atoms with Crippen LogP contribution in [0, 0.1) is 11.3 Å². The van der Waals surface area contributed by atoms with E-state index in [0.717, 1.165) is 0 Å². The molecular weight excluding hydrogens is 456 g/mol. The maximum absolute atomic E-state index is 12.7. The number of carbonyl (C=O) groups is 2. The average Bonchev–Trinajstić information content (AvgIpc) is 2.87. The topological polar surface area (TPSA) is 107 Å². The SMILES string of the molecule is COc1cc(NC(=O)COC(=O)c2ccccc2Sc2ccccc2C#N)cc(OC)c1OC. The van der Waals surface area contributed by atoms with E-state index in [1.165, 1.54) is 33.1 Å². The van der Waals surface area contributed by atoms with E-state index in [4.69, 9.17) is 18.9 Å². The zero-order valence-electron chi connectivity index (χ0n) is 18.8. The van der Waals surface area contributed by atoms with Gasteiger partial charge in [0.1, 0.15) is 6.07 Å². The molecule has 0 atom stereocenters. The summed E-state index contributed by atoms with van der Waals surface area (Å²) in [6.07, 6.45) is 0. The summed E-state index contributed by atoms with van der Waals surface area (Å²) >= 11 is 1.28. The molecular formula is C25H22N2O6S. The lowest BCUT2D eigenvalue weighted by atomic mass is 10.2. The second kappa shape index (κ2) is 11.6. The van der Waals surface area contributed by atoms with Crippen molar-refractivity contribution in [3.8, 4) is 23.3 Å². The molecule has 0 aliphatic carbocycles. The third-order valence-electron chi connectivity index (χ3n) is 4.62. The summed E-state index contributed by atoms with van der Waals surface area (Å²) in [5.41, 5.74) is 1.18. The lowest BCUT2D eigenvalue weighted by Gasteiger charge is -2.15. The third-order valence-corrected chi connectivity index (χ3v) is 5.77. The standard InChI is InChI=1S/C25H22N2O6S/c1-30-19-12-17(13-20(31-2)24(19)32-3)27-23(28)15-33-25(29)18-9-5-7-11-22(18)34-21-10-6-4-8-16(21)14-26/h4-13H,15H2,1-3H3,(H,27,28). The molecule has 0 fully saturated rings. The number of nitrogens with zero attached hydrogens (tertiary/aromatic N) is 1. The van der Waals surface area contributed by atoms with Crippen LogP contribution in [0.4, 0.5) is 5.69 Å². The van der Waals surface area contributed by atoms with Gasteiger partial charge in [-0.2, -0.15) is 5.26 Å². The molecule has 3 aromatic rings. The lowest BCUT2D eigenvalue weighted by molar-refractivity contribution is -0.119. The number of rotatable bonds is 9. The van der Waals surface area contributed by atoms with Crippen LogP contribution in [-0.4, -0.2) is 39.8 Å². The molecule has 0 saturated carbocycles. The number of hydrogen-bond donors (Lipinski definition) is 1. The van der Waals surface area contributed by atoms with Crippen LogP contribution >= 0.6 is 11.8 Å². The fraction of sp³-hybridized carbons (Fsp3) is 0.160. The van der Waals surface area contributed by atoms with Crippen molar-refractivity contribution < 1.29 is 28.5 Å². The van der Waals surface area contributed by atoms with Gasteiger partial charge in [0.05, 0.1) is 32.5 Å². The van der Waals surface area contributed by atoms with Crippen LogP contribution in [0.1, 0.15) is 15.9 Å². The zero-order chi connectivity index (χ0) is 24.5. The van der Waals surface area contributed by atoms with Crippen LogP contribution in [-0.2, 0) is 9.53 Å². The Balaban J connectivity index is 1.69. The Hall–Kier alpha value is -4.16. The van der Waals surface area contributed by atoms with E-state index in [2.05, 4.69) is 11.4 Å². The first-order valence-corrected chi connectivity index (χ1v) is 10.8. The van der Waals surface area contributed by atoms with Crippen molar-refractivity contribution in [2.45, 2.75) is 9.79 Å². The summed E-state index contributed by atoms with van der Waals surface area (Å²) in [7, 11) is 4.41. The second-order valence-electron chi connectivity index (χ2n) is 6.74. The number of ether oxygens (including phenoxy) is 4. The predicted molar refractivity (Wildman–Crippen MR) is 127 cm³/mol. The van der Waals surface area contributed by atoms with E-state index in [9.17, 15) is 14.9 Å². The Labute approximate surface area is 201 Å². The number of nitriles is 1. The predicted octanol–water partition coefficient (Wildman–Crippen LogP) is 4.53. The van der Waals surface area contributed by atoms with Crippen LogP contribution in [0.2, 0.25) is 0 Å². The number of benzene rings is 3. The van der Waals surface area contributed by atoms with E-state index in [1.807, 2.05) is 6.07 Å². The van der Waals surface area contributed by atoms with Crippen molar-refractivity contribution in [1.29, 1.82) is 5.26 Å². The van der Waals surface area contributed by atoms with Crippen molar-refractivity contribution in [3.05, 3.63) is 71.8 Å². The number of esters is 1. The maximum atomic E-state index is 12.7. The first-order chi connectivity index (χ1) is 16.5. The molecule has 0 radical (unpaired) electrons. The van der Waals surface area contributed by atoms with Gasteiger partial charge in [-0.15, -0.1) is 0 Å². The molecule has 0 aromatic heterocycles. The van der Waals surface area contributed by atoms with E-state index in [1.54, 1.807) is 54.6 Å². The molecule has 1 amide bonds. The van der Waals surface area contributed by atoms with Crippen molar-refractivity contribution >= 4 is 29.3 Å². The summed E-state index contributed by atoms with van der Waals surface area (Å²) in [4.78, 5) is 26.5. The number of anilines is 1. The van der Waals surface area contributed by atoms with Gasteiger partial charge in [0.15, 0.2) is 18.1 Å². The molecule has 8 nitrogen and oxygen atoms in total. The van der Waals surface area contributed by atoms with Crippen molar-refractivity contribution in [2.75, 3.05) is 33.3 Å². The molecule has 0 saturated heterocycles. The second-order valence-corrected chi connectivity index (χ2v) is 7.83. The minimum absolute atomic E-state index is 0.292. The Morgan fingerprint density at radius 3 is 2.15 bits per heavy atom. The van der Waals surface area contributed by atoms with Gasteiger partial charge >= 0.3 is 5.97 Å². The van der Waals surface area contributed by atoms with Gasteiger partial charge in [-0.1, -0.05) is 36.0 Å². The van der Waals surface area contributed by atoms with Crippen molar-refractivity contribution in [3.63, 3.8) is 0 Å². The normalized spacial score (nSPS) is 10.1. The third kappa shape index (κ3) is 5.79. The Bertz CT molecular complexity index is 1210. The highest BCUT2D eigenvalue weighted by Crippen LogP contribution is 2.40. The van der Waals surface area contributed by atoms with Gasteiger partial charge in [-0.3, -0.25) is 4.79 Å². The molecule has 0 spiro atoms. The van der Waals surface area contributed by atoms with Crippen LogP contribution < -0.4 is 19.5 Å². The fourth-order valence-electron chi connectivity index (χ4n) is 3.05. The van der Waals surface area contributed by atoms with Gasteiger partial charge < -0.3 is 24.3 Å². The summed E-state index contributed by atoms with van der Waals surface area (Å²) in [6, 6.07) is 19.2. The van der Waals surface area contributed by atoms with E-state index < -0.39 is 18.5 Å². The molecule has 0 aliphatic rings. The van der Waals surface area contributed by atoms with Gasteiger partial charge in [0, 0.05) is 27.6 Å². The molecule has 0 bridgehead atoms. The first-order valence-electron chi connectivity index (χ1n) is 10.0. The van der Waals surface area contributed by atoms with Crippen molar-refractivity contribution in [1.82, 2.24) is 0 Å². The Morgan fingerprint density at radius 2 is 1.53 bits per heavy atom. The minimum Gasteiger partial charge on any atom is -0.493 e. The quantitative estimate of drug-likeness (QED) is 0.447. The average molecular weight is 479 g/mol. The highest BCUT2D eigenvalue weighted by Gasteiger charge is 2.18. The lowest BCUT2D eigenvalue weighted by Crippen LogP contribution is -2.21. The molecule has 1 N–H and O–H groups in total. The highest BCUT2D eigenvalue weighted by atomic mass is 32.2. The Morgan fingerprint density at radius 1 is 0.912 bits per heavy atom. The molecule has 0 heterocycles. The zero-order valence-corrected chi connectivity index (χ0v) is 19.6. The summed E-state index contributed by atoms with van der Waals surface area (Å²) in [6.45, 7) is -0.497. The highest BCUT2D eigenvalue weighted by molar-refractivity contribution is 7.99. The molecule has 34 heavy (non-hydrogen) atoms. The van der Waals surface area contributed by atoms with E-state index in [0.29, 0.717) is 43.9 Å². The van der Waals surface area contributed by atoms with E-state index >= 15 is 0 Å². The van der Waals surface area contributed by atoms with Crippen LogP contribution in [0.3, 0.4) is 0 Å². The number of methoxy groups -OCH3 is 3. The maximum Gasteiger partial charge on any atom is 0.339 e. The first kappa shape index (κ1) is 24.5. The molecule has 174 valence electrons. The molecule has 0 aliphatic heterocycles. The summed E-state index contributed by atoms with van der Waals surface area (Å²) in [5, 5.41) is 12.0. The van der Waals surface area contributed by atoms with Crippen molar-refractivity contribution in [2.24, 2.45) is 0 Å². The van der Waals surface area contributed by atoms with Gasteiger partial charge in [0.25, 0.3) is 5.91 Å². The Kier molecular flexibility index (Phi) is 8.37. The number of carbonyl (C=O) groups excluding carboxylic acids is 2.